The Labute approximate surface area is 126 Å². The van der Waals surface area contributed by atoms with Crippen LogP contribution in [0.2, 0.25) is 0 Å². The standard InChI is InChI=1S/C16H24N4O/c1-4-13-10-15(20(2)19-13)11-14(18-17)8-12-6-5-7-16(9-12)21-3/h5-7,9-10,14,18H,4,8,11,17H2,1-3H3. The molecule has 0 aliphatic heterocycles. The van der Waals surface area contributed by atoms with Crippen LogP contribution in [0.25, 0.3) is 0 Å². The number of hydrogen-bond donors (Lipinski definition) is 2. The van der Waals surface area contributed by atoms with Crippen molar-refractivity contribution in [2.24, 2.45) is 12.9 Å². The van der Waals surface area contributed by atoms with Gasteiger partial charge in [0, 0.05) is 25.2 Å². The van der Waals surface area contributed by atoms with Gasteiger partial charge in [0.2, 0.25) is 0 Å². The van der Waals surface area contributed by atoms with Crippen LogP contribution in [0.5, 0.6) is 5.75 Å². The van der Waals surface area contributed by atoms with Crippen LogP contribution in [0.3, 0.4) is 0 Å². The van der Waals surface area contributed by atoms with Crippen molar-refractivity contribution in [1.29, 1.82) is 0 Å². The number of methoxy groups -OCH3 is 1. The first-order chi connectivity index (χ1) is 10.2. The van der Waals surface area contributed by atoms with E-state index in [4.69, 9.17) is 10.6 Å². The Balaban J connectivity index is 2.07. The zero-order chi connectivity index (χ0) is 15.2. The molecule has 0 aliphatic carbocycles. The lowest BCUT2D eigenvalue weighted by molar-refractivity contribution is 0.413. The summed E-state index contributed by atoms with van der Waals surface area (Å²) in [5.74, 6) is 6.59. The van der Waals surface area contributed by atoms with Gasteiger partial charge in [0.15, 0.2) is 0 Å². The third-order valence-electron chi connectivity index (χ3n) is 3.70. The van der Waals surface area contributed by atoms with Crippen LogP contribution in [0.15, 0.2) is 30.3 Å². The van der Waals surface area contributed by atoms with Crippen molar-refractivity contribution in [2.45, 2.75) is 32.2 Å². The molecule has 5 heteroatoms. The fourth-order valence-electron chi connectivity index (χ4n) is 2.46. The van der Waals surface area contributed by atoms with E-state index in [9.17, 15) is 0 Å². The first kappa shape index (κ1) is 15.5. The highest BCUT2D eigenvalue weighted by atomic mass is 16.5. The Bertz CT molecular complexity index is 579. The van der Waals surface area contributed by atoms with Crippen LogP contribution in [0.1, 0.15) is 23.9 Å². The second-order valence-corrected chi connectivity index (χ2v) is 5.23. The zero-order valence-electron chi connectivity index (χ0n) is 13.0. The van der Waals surface area contributed by atoms with Crippen LogP contribution in [0, 0.1) is 0 Å². The third kappa shape index (κ3) is 4.06. The third-order valence-corrected chi connectivity index (χ3v) is 3.70. The van der Waals surface area contributed by atoms with Gasteiger partial charge in [-0.1, -0.05) is 19.1 Å². The van der Waals surface area contributed by atoms with E-state index in [0.29, 0.717) is 0 Å². The maximum Gasteiger partial charge on any atom is 0.119 e. The SMILES string of the molecule is CCc1cc(CC(Cc2cccc(OC)c2)NN)n(C)n1. The van der Waals surface area contributed by atoms with Crippen LogP contribution in [0.4, 0.5) is 0 Å². The van der Waals surface area contributed by atoms with Gasteiger partial charge in [-0.3, -0.25) is 16.0 Å². The highest BCUT2D eigenvalue weighted by Crippen LogP contribution is 2.15. The number of benzene rings is 1. The number of aromatic nitrogens is 2. The second kappa shape index (κ2) is 7.24. The Morgan fingerprint density at radius 3 is 2.76 bits per heavy atom. The lowest BCUT2D eigenvalue weighted by Gasteiger charge is -2.16. The van der Waals surface area contributed by atoms with Crippen molar-refractivity contribution >= 4 is 0 Å². The van der Waals surface area contributed by atoms with Gasteiger partial charge in [0.05, 0.1) is 12.8 Å². The number of rotatable bonds is 7. The van der Waals surface area contributed by atoms with E-state index in [-0.39, 0.29) is 6.04 Å². The molecule has 0 fully saturated rings. The minimum absolute atomic E-state index is 0.164. The first-order valence-corrected chi connectivity index (χ1v) is 7.27. The van der Waals surface area contributed by atoms with Crippen molar-refractivity contribution < 1.29 is 4.74 Å². The number of nitrogens with one attached hydrogen (secondary N) is 1. The average Bonchev–Trinajstić information content (AvgIpc) is 2.87. The smallest absolute Gasteiger partial charge is 0.119 e. The molecule has 0 amide bonds. The molecule has 2 aromatic rings. The molecule has 0 bridgehead atoms. The van der Waals surface area contributed by atoms with Crippen molar-refractivity contribution in [1.82, 2.24) is 15.2 Å². The van der Waals surface area contributed by atoms with Crippen LogP contribution < -0.4 is 16.0 Å². The molecule has 3 N–H and O–H groups in total. The molecule has 0 spiro atoms. The molecule has 1 atom stereocenters. The van der Waals surface area contributed by atoms with Gasteiger partial charge in [-0.2, -0.15) is 5.10 Å². The molecule has 1 aromatic heterocycles. The average molecular weight is 288 g/mol. The fraction of sp³-hybridized carbons (Fsp3) is 0.438. The van der Waals surface area contributed by atoms with Crippen LogP contribution in [-0.2, 0) is 26.3 Å². The summed E-state index contributed by atoms with van der Waals surface area (Å²) in [5.41, 5.74) is 6.42. The monoisotopic (exact) mass is 288 g/mol. The minimum Gasteiger partial charge on any atom is -0.497 e. The highest BCUT2D eigenvalue weighted by molar-refractivity contribution is 5.29. The summed E-state index contributed by atoms with van der Waals surface area (Å²) in [6.45, 7) is 2.11. The number of aryl methyl sites for hydroxylation is 2. The fourth-order valence-corrected chi connectivity index (χ4v) is 2.46. The molecule has 0 aliphatic rings. The van der Waals surface area contributed by atoms with Gasteiger partial charge in [-0.25, -0.2) is 0 Å². The topological polar surface area (TPSA) is 65.1 Å². The van der Waals surface area contributed by atoms with Crippen molar-refractivity contribution in [3.8, 4) is 5.75 Å². The predicted octanol–water partition coefficient (Wildman–Crippen LogP) is 1.61. The van der Waals surface area contributed by atoms with Crippen LogP contribution >= 0.6 is 0 Å². The van der Waals surface area contributed by atoms with Crippen molar-refractivity contribution in [3.05, 3.63) is 47.3 Å². The predicted molar refractivity (Wildman–Crippen MR) is 84.1 cm³/mol. The summed E-state index contributed by atoms with van der Waals surface area (Å²) in [6.07, 6.45) is 2.64. The number of ether oxygens (including phenoxy) is 1. The van der Waals surface area contributed by atoms with E-state index in [1.54, 1.807) is 7.11 Å². The number of hydrogen-bond acceptors (Lipinski definition) is 4. The Hall–Kier alpha value is -1.85. The molecule has 0 saturated heterocycles. The van der Waals surface area contributed by atoms with E-state index >= 15 is 0 Å². The van der Waals surface area contributed by atoms with Gasteiger partial charge in [-0.05, 0) is 36.6 Å². The maximum absolute atomic E-state index is 5.72. The molecule has 5 nitrogen and oxygen atoms in total. The normalized spacial score (nSPS) is 12.4. The van der Waals surface area contributed by atoms with Gasteiger partial charge in [0.1, 0.15) is 5.75 Å². The highest BCUT2D eigenvalue weighted by Gasteiger charge is 2.13. The molecule has 0 saturated carbocycles. The zero-order valence-corrected chi connectivity index (χ0v) is 13.0. The number of nitrogens with zero attached hydrogens (tertiary/aromatic N) is 2. The quantitative estimate of drug-likeness (QED) is 0.600. The molecule has 114 valence electrons. The van der Waals surface area contributed by atoms with Crippen molar-refractivity contribution in [3.63, 3.8) is 0 Å². The Morgan fingerprint density at radius 2 is 2.14 bits per heavy atom. The lowest BCUT2D eigenvalue weighted by atomic mass is 10.0. The molecular formula is C16H24N4O. The molecule has 0 radical (unpaired) electrons. The minimum atomic E-state index is 0.164. The molecule has 1 heterocycles. The summed E-state index contributed by atoms with van der Waals surface area (Å²) in [4.78, 5) is 0. The largest absolute Gasteiger partial charge is 0.497 e. The Kier molecular flexibility index (Phi) is 5.36. The molecule has 1 unspecified atom stereocenters. The molecular weight excluding hydrogens is 264 g/mol. The summed E-state index contributed by atoms with van der Waals surface area (Å²) in [6, 6.07) is 10.4. The van der Waals surface area contributed by atoms with E-state index in [2.05, 4.69) is 29.6 Å². The summed E-state index contributed by atoms with van der Waals surface area (Å²) in [7, 11) is 3.66. The van der Waals surface area contributed by atoms with E-state index in [1.165, 1.54) is 11.3 Å². The lowest BCUT2D eigenvalue weighted by Crippen LogP contribution is -2.38. The van der Waals surface area contributed by atoms with Crippen molar-refractivity contribution in [2.75, 3.05) is 7.11 Å². The molecule has 21 heavy (non-hydrogen) atoms. The van der Waals surface area contributed by atoms with Gasteiger partial charge in [-0.15, -0.1) is 0 Å². The summed E-state index contributed by atoms with van der Waals surface area (Å²) < 4.78 is 7.20. The van der Waals surface area contributed by atoms with Crippen LogP contribution in [-0.4, -0.2) is 22.9 Å². The molecule has 2 rings (SSSR count). The second-order valence-electron chi connectivity index (χ2n) is 5.23. The number of hydrazine groups is 1. The van der Waals surface area contributed by atoms with Gasteiger partial charge >= 0.3 is 0 Å². The van der Waals surface area contributed by atoms with Gasteiger partial charge < -0.3 is 4.74 Å². The maximum atomic E-state index is 5.72. The van der Waals surface area contributed by atoms with E-state index < -0.39 is 0 Å². The van der Waals surface area contributed by atoms with E-state index in [0.717, 1.165) is 30.7 Å². The summed E-state index contributed by atoms with van der Waals surface area (Å²) in [5, 5.41) is 4.48. The number of nitrogens with two attached hydrogens (primary N) is 1. The Morgan fingerprint density at radius 1 is 1.33 bits per heavy atom. The van der Waals surface area contributed by atoms with E-state index in [1.807, 2.05) is 29.9 Å². The van der Waals surface area contributed by atoms with Gasteiger partial charge in [0.25, 0.3) is 0 Å². The molecule has 1 aromatic carbocycles. The summed E-state index contributed by atoms with van der Waals surface area (Å²) >= 11 is 0. The first-order valence-electron chi connectivity index (χ1n) is 7.27.